The molecule has 2 heterocycles. The lowest BCUT2D eigenvalue weighted by molar-refractivity contribution is 0.670. The van der Waals surface area contributed by atoms with E-state index in [1.165, 1.54) is 54.8 Å². The normalized spacial score (nSPS) is 11.6. The largest absolute Gasteiger partial charge is 0.455 e. The zero-order chi connectivity index (χ0) is 40.3. The Hall–Kier alpha value is -8.14. The van der Waals surface area contributed by atoms with Gasteiger partial charge in [-0.3, -0.25) is 0 Å². The molecule has 286 valence electrons. The average Bonchev–Trinajstić information content (AvgIpc) is 3.89. The van der Waals surface area contributed by atoms with Crippen molar-refractivity contribution in [3.05, 3.63) is 231 Å². The lowest BCUT2D eigenvalue weighted by Gasteiger charge is -2.27. The second kappa shape index (κ2) is 14.3. The van der Waals surface area contributed by atoms with E-state index >= 15 is 0 Å². The molecule has 0 aliphatic heterocycles. The maximum absolute atomic E-state index is 6.93. The summed E-state index contributed by atoms with van der Waals surface area (Å²) in [6.07, 6.45) is 0. The van der Waals surface area contributed by atoms with Gasteiger partial charge in [0.15, 0.2) is 0 Å². The van der Waals surface area contributed by atoms with E-state index in [4.69, 9.17) is 4.42 Å². The number of para-hydroxylation sites is 3. The summed E-state index contributed by atoms with van der Waals surface area (Å²) in [6, 6.07) is 82.8. The number of nitrogens with zero attached hydrogens (tertiary/aromatic N) is 2. The molecule has 0 N–H and O–H groups in total. The van der Waals surface area contributed by atoms with E-state index < -0.39 is 0 Å². The molecule has 12 rings (SSSR count). The first kappa shape index (κ1) is 34.9. The van der Waals surface area contributed by atoms with Gasteiger partial charge < -0.3 is 13.9 Å². The van der Waals surface area contributed by atoms with Crippen LogP contribution in [0.3, 0.4) is 0 Å². The molecule has 0 aliphatic rings. The minimum atomic E-state index is 0.857. The molecule has 3 nitrogen and oxygen atoms in total. The van der Waals surface area contributed by atoms with Gasteiger partial charge in [0, 0.05) is 38.8 Å². The molecule has 10 aromatic carbocycles. The highest BCUT2D eigenvalue weighted by Crippen LogP contribution is 2.47. The molecule has 0 saturated heterocycles. The zero-order valence-corrected chi connectivity index (χ0v) is 33.2. The van der Waals surface area contributed by atoms with E-state index in [1.54, 1.807) is 0 Å². The van der Waals surface area contributed by atoms with Crippen LogP contribution in [0.1, 0.15) is 0 Å². The van der Waals surface area contributed by atoms with Crippen LogP contribution in [-0.2, 0) is 0 Å². The van der Waals surface area contributed by atoms with Gasteiger partial charge >= 0.3 is 0 Å². The van der Waals surface area contributed by atoms with Crippen LogP contribution in [0.4, 0.5) is 17.1 Å². The molecule has 0 bridgehead atoms. The number of fused-ring (bicyclic) bond motifs is 7. The molecule has 0 fully saturated rings. The van der Waals surface area contributed by atoms with Gasteiger partial charge in [-0.05, 0) is 105 Å². The molecular formula is C58H38N2O. The van der Waals surface area contributed by atoms with Crippen molar-refractivity contribution in [1.29, 1.82) is 0 Å². The first-order valence-electron chi connectivity index (χ1n) is 20.8. The van der Waals surface area contributed by atoms with Crippen molar-refractivity contribution in [3.8, 4) is 39.1 Å². The molecule has 0 unspecified atom stereocenters. The molecule has 0 atom stereocenters. The average molecular weight is 779 g/mol. The number of anilines is 3. The van der Waals surface area contributed by atoms with Gasteiger partial charge in [-0.1, -0.05) is 164 Å². The molecule has 12 aromatic rings. The Morgan fingerprint density at radius 1 is 0.361 bits per heavy atom. The summed E-state index contributed by atoms with van der Waals surface area (Å²) in [6.45, 7) is 0. The number of furan rings is 1. The monoisotopic (exact) mass is 778 g/mol. The third-order valence-corrected chi connectivity index (χ3v) is 12.2. The van der Waals surface area contributed by atoms with Gasteiger partial charge in [-0.2, -0.15) is 0 Å². The van der Waals surface area contributed by atoms with Crippen LogP contribution >= 0.6 is 0 Å². The summed E-state index contributed by atoms with van der Waals surface area (Å²) in [7, 11) is 0. The standard InChI is InChI=1S/C58H38N2O/c1-2-14-39(15-3-1)40-28-32-44(33-29-40)59(45-34-30-42(31-35-45)48-24-13-17-41-16-4-5-20-47(41)48)55-37-36-49(58-57(55)52-23-8-11-27-56(52)61-58)43-18-12-19-46(38-43)60-53-25-9-6-21-50(53)51-22-7-10-26-54(51)60/h1-38H. The molecular weight excluding hydrogens is 741 g/mol. The maximum atomic E-state index is 6.93. The summed E-state index contributed by atoms with van der Waals surface area (Å²) in [5.74, 6) is 0. The number of benzene rings is 10. The molecule has 0 radical (unpaired) electrons. The first-order chi connectivity index (χ1) is 30.3. The molecule has 0 amide bonds. The van der Waals surface area contributed by atoms with E-state index in [2.05, 4.69) is 240 Å². The second-order valence-corrected chi connectivity index (χ2v) is 15.7. The van der Waals surface area contributed by atoms with E-state index in [-0.39, 0.29) is 0 Å². The molecule has 0 saturated carbocycles. The Labute approximate surface area is 353 Å². The predicted octanol–water partition coefficient (Wildman–Crippen LogP) is 16.3. The summed E-state index contributed by atoms with van der Waals surface area (Å²) in [5.41, 5.74) is 15.3. The van der Waals surface area contributed by atoms with E-state index in [1.807, 2.05) is 0 Å². The van der Waals surface area contributed by atoms with Crippen LogP contribution in [0, 0.1) is 0 Å². The second-order valence-electron chi connectivity index (χ2n) is 15.7. The minimum absolute atomic E-state index is 0.857. The summed E-state index contributed by atoms with van der Waals surface area (Å²) < 4.78 is 9.31. The van der Waals surface area contributed by atoms with Gasteiger partial charge in [0.1, 0.15) is 11.2 Å². The fraction of sp³-hybridized carbons (Fsp3) is 0. The van der Waals surface area contributed by atoms with Crippen LogP contribution in [-0.4, -0.2) is 4.57 Å². The van der Waals surface area contributed by atoms with Crippen LogP contribution in [0.15, 0.2) is 235 Å². The number of rotatable bonds is 7. The molecule has 2 aromatic heterocycles. The highest BCUT2D eigenvalue weighted by atomic mass is 16.3. The number of hydrogen-bond acceptors (Lipinski definition) is 2. The van der Waals surface area contributed by atoms with Gasteiger partial charge in [0.25, 0.3) is 0 Å². The Morgan fingerprint density at radius 2 is 0.918 bits per heavy atom. The summed E-state index contributed by atoms with van der Waals surface area (Å²) >= 11 is 0. The lowest BCUT2D eigenvalue weighted by atomic mass is 9.97. The quantitative estimate of drug-likeness (QED) is 0.161. The van der Waals surface area contributed by atoms with E-state index in [9.17, 15) is 0 Å². The first-order valence-corrected chi connectivity index (χ1v) is 20.8. The van der Waals surface area contributed by atoms with Crippen LogP contribution in [0.5, 0.6) is 0 Å². The third-order valence-electron chi connectivity index (χ3n) is 12.2. The van der Waals surface area contributed by atoms with Crippen molar-refractivity contribution in [1.82, 2.24) is 4.57 Å². The third kappa shape index (κ3) is 5.82. The van der Waals surface area contributed by atoms with Gasteiger partial charge in [0.05, 0.1) is 22.1 Å². The maximum Gasteiger partial charge on any atom is 0.145 e. The van der Waals surface area contributed by atoms with E-state index in [0.717, 1.165) is 55.8 Å². The minimum Gasteiger partial charge on any atom is -0.455 e. The Bertz CT molecular complexity index is 3520. The van der Waals surface area contributed by atoms with Crippen molar-refractivity contribution < 1.29 is 4.42 Å². The van der Waals surface area contributed by atoms with Crippen molar-refractivity contribution in [2.45, 2.75) is 0 Å². The topological polar surface area (TPSA) is 21.3 Å². The molecule has 3 heteroatoms. The van der Waals surface area contributed by atoms with Gasteiger partial charge in [0.2, 0.25) is 0 Å². The van der Waals surface area contributed by atoms with Crippen molar-refractivity contribution in [2.75, 3.05) is 4.90 Å². The Balaban J connectivity index is 1.05. The van der Waals surface area contributed by atoms with Crippen molar-refractivity contribution in [2.24, 2.45) is 0 Å². The van der Waals surface area contributed by atoms with Crippen LogP contribution < -0.4 is 4.90 Å². The van der Waals surface area contributed by atoms with E-state index in [0.29, 0.717) is 0 Å². The zero-order valence-electron chi connectivity index (χ0n) is 33.2. The summed E-state index contributed by atoms with van der Waals surface area (Å²) in [5, 5.41) is 7.12. The number of aromatic nitrogens is 1. The van der Waals surface area contributed by atoms with Crippen molar-refractivity contribution >= 4 is 71.6 Å². The molecule has 61 heavy (non-hydrogen) atoms. The summed E-state index contributed by atoms with van der Waals surface area (Å²) in [4.78, 5) is 2.38. The lowest BCUT2D eigenvalue weighted by Crippen LogP contribution is -2.10. The number of hydrogen-bond donors (Lipinski definition) is 0. The SMILES string of the molecule is c1ccc(-c2ccc(N(c3ccc(-c4cccc5ccccc45)cc3)c3ccc(-c4cccc(-n5c6ccccc6c6ccccc65)c4)c4oc5ccccc5c34)cc2)cc1. The highest BCUT2D eigenvalue weighted by molar-refractivity contribution is 6.17. The highest BCUT2D eigenvalue weighted by Gasteiger charge is 2.23. The Kier molecular flexibility index (Phi) is 8.17. The molecule has 0 aliphatic carbocycles. The Morgan fingerprint density at radius 3 is 1.66 bits per heavy atom. The van der Waals surface area contributed by atoms with Crippen LogP contribution in [0.2, 0.25) is 0 Å². The fourth-order valence-electron chi connectivity index (χ4n) is 9.37. The van der Waals surface area contributed by atoms with Gasteiger partial charge in [-0.15, -0.1) is 0 Å². The molecule has 0 spiro atoms. The van der Waals surface area contributed by atoms with Crippen molar-refractivity contribution in [3.63, 3.8) is 0 Å². The fourth-order valence-corrected chi connectivity index (χ4v) is 9.37. The predicted molar refractivity (Wildman–Crippen MR) is 257 cm³/mol. The van der Waals surface area contributed by atoms with Crippen LogP contribution in [0.25, 0.3) is 93.6 Å². The van der Waals surface area contributed by atoms with Gasteiger partial charge in [-0.25, -0.2) is 0 Å². The smallest absolute Gasteiger partial charge is 0.145 e.